The van der Waals surface area contributed by atoms with E-state index in [4.69, 9.17) is 4.74 Å². The molecule has 0 radical (unpaired) electrons. The van der Waals surface area contributed by atoms with Crippen LogP contribution in [0.15, 0.2) is 30.5 Å². The van der Waals surface area contributed by atoms with Crippen molar-refractivity contribution in [3.8, 4) is 0 Å². The number of nitrogens with zero attached hydrogens (tertiary/aromatic N) is 2. The first kappa shape index (κ1) is 18.9. The third-order valence-corrected chi connectivity index (χ3v) is 4.85. The number of pyridine rings is 1. The third-order valence-electron chi connectivity index (χ3n) is 4.85. The topological polar surface area (TPSA) is 67.7 Å². The predicted molar refractivity (Wildman–Crippen MR) is 108 cm³/mol. The lowest BCUT2D eigenvalue weighted by Gasteiger charge is -2.14. The van der Waals surface area contributed by atoms with Crippen LogP contribution in [0.2, 0.25) is 0 Å². The van der Waals surface area contributed by atoms with Gasteiger partial charge >= 0.3 is 0 Å². The highest BCUT2D eigenvalue weighted by atomic mass is 16.5. The molecule has 142 valence electrons. The number of hydrogen-bond donors (Lipinski definition) is 2. The minimum atomic E-state index is -0.188. The molecule has 0 saturated carbocycles. The summed E-state index contributed by atoms with van der Waals surface area (Å²) in [7, 11) is 1.50. The lowest BCUT2D eigenvalue weighted by atomic mass is 10.0. The molecule has 3 rings (SSSR count). The number of aryl methyl sites for hydroxylation is 4. The molecular weight excluding hydrogens is 340 g/mol. The number of hydrogen-bond acceptors (Lipinski definition) is 4. The molecule has 6 heteroatoms. The van der Waals surface area contributed by atoms with Gasteiger partial charge in [-0.15, -0.1) is 0 Å². The van der Waals surface area contributed by atoms with Crippen LogP contribution < -0.4 is 10.6 Å². The summed E-state index contributed by atoms with van der Waals surface area (Å²) >= 11 is 0. The van der Waals surface area contributed by atoms with Gasteiger partial charge in [0.05, 0.1) is 17.1 Å². The van der Waals surface area contributed by atoms with E-state index in [1.807, 2.05) is 30.5 Å². The fourth-order valence-corrected chi connectivity index (χ4v) is 3.21. The van der Waals surface area contributed by atoms with E-state index in [0.717, 1.165) is 22.7 Å². The Morgan fingerprint density at radius 3 is 2.56 bits per heavy atom. The first-order valence-electron chi connectivity index (χ1n) is 8.97. The molecule has 0 atom stereocenters. The average molecular weight is 366 g/mol. The van der Waals surface area contributed by atoms with Gasteiger partial charge in [0.1, 0.15) is 6.61 Å². The highest BCUT2D eigenvalue weighted by Crippen LogP contribution is 2.25. The van der Waals surface area contributed by atoms with Crippen LogP contribution in [0.3, 0.4) is 0 Å². The Kier molecular flexibility index (Phi) is 5.46. The highest BCUT2D eigenvalue weighted by Gasteiger charge is 2.13. The number of carbonyl (C=O) groups excluding carboxylic acids is 1. The molecule has 2 heterocycles. The number of anilines is 2. The van der Waals surface area contributed by atoms with Gasteiger partial charge in [-0.2, -0.15) is 0 Å². The normalized spacial score (nSPS) is 11.0. The number of fused-ring (bicyclic) bond motifs is 1. The minimum absolute atomic E-state index is 0.0190. The fourth-order valence-electron chi connectivity index (χ4n) is 3.21. The second-order valence-corrected chi connectivity index (χ2v) is 6.82. The van der Waals surface area contributed by atoms with E-state index in [-0.39, 0.29) is 12.5 Å². The quantitative estimate of drug-likeness (QED) is 0.697. The monoisotopic (exact) mass is 366 g/mol. The van der Waals surface area contributed by atoms with E-state index in [1.165, 1.54) is 23.8 Å². The first-order valence-corrected chi connectivity index (χ1v) is 8.97. The van der Waals surface area contributed by atoms with Crippen molar-refractivity contribution in [3.05, 3.63) is 58.5 Å². The van der Waals surface area contributed by atoms with Crippen LogP contribution in [0.1, 0.15) is 28.1 Å². The molecule has 2 N–H and O–H groups in total. The Labute approximate surface area is 159 Å². The molecule has 0 aliphatic rings. The third kappa shape index (κ3) is 3.95. The predicted octanol–water partition coefficient (Wildman–Crippen LogP) is 3.76. The van der Waals surface area contributed by atoms with E-state index in [0.29, 0.717) is 12.2 Å². The second kappa shape index (κ2) is 7.80. The zero-order chi connectivity index (χ0) is 19.6. The van der Waals surface area contributed by atoms with Crippen molar-refractivity contribution in [2.24, 2.45) is 0 Å². The summed E-state index contributed by atoms with van der Waals surface area (Å²) in [4.78, 5) is 16.6. The number of aromatic nitrogens is 2. The molecule has 6 nitrogen and oxygen atoms in total. The van der Waals surface area contributed by atoms with Gasteiger partial charge < -0.3 is 19.8 Å². The van der Waals surface area contributed by atoms with Crippen LogP contribution >= 0.6 is 0 Å². The maximum absolute atomic E-state index is 11.9. The van der Waals surface area contributed by atoms with Crippen LogP contribution in [0, 0.1) is 27.7 Å². The van der Waals surface area contributed by atoms with E-state index in [2.05, 4.69) is 47.7 Å². The largest absolute Gasteiger partial charge is 0.378 e. The smallest absolute Gasteiger partial charge is 0.250 e. The fraction of sp³-hybridized carbons (Fsp3) is 0.333. The van der Waals surface area contributed by atoms with Gasteiger partial charge in [0.25, 0.3) is 0 Å². The number of nitrogens with one attached hydrogen (secondary N) is 2. The second-order valence-electron chi connectivity index (χ2n) is 6.82. The molecule has 0 saturated heterocycles. The summed E-state index contributed by atoms with van der Waals surface area (Å²) in [6.07, 6.45) is 1.89. The van der Waals surface area contributed by atoms with Crippen LogP contribution in [-0.4, -0.2) is 29.0 Å². The zero-order valence-corrected chi connectivity index (χ0v) is 16.5. The number of benzene rings is 1. The summed E-state index contributed by atoms with van der Waals surface area (Å²) in [6, 6.07) is 8.22. The Hall–Kier alpha value is -2.86. The summed E-state index contributed by atoms with van der Waals surface area (Å²) in [6.45, 7) is 8.95. The number of amides is 1. The van der Waals surface area contributed by atoms with Crippen molar-refractivity contribution in [1.29, 1.82) is 0 Å². The zero-order valence-electron chi connectivity index (χ0n) is 16.5. The van der Waals surface area contributed by atoms with Gasteiger partial charge in [-0.25, -0.2) is 4.98 Å². The van der Waals surface area contributed by atoms with Crippen LogP contribution in [0.25, 0.3) is 5.65 Å². The Balaban J connectivity index is 1.97. The lowest BCUT2D eigenvalue weighted by Crippen LogP contribution is -2.17. The molecule has 1 aromatic carbocycles. The van der Waals surface area contributed by atoms with Crippen molar-refractivity contribution in [2.45, 2.75) is 34.2 Å². The molecule has 1 amide bonds. The van der Waals surface area contributed by atoms with E-state index >= 15 is 0 Å². The van der Waals surface area contributed by atoms with E-state index < -0.39 is 0 Å². The van der Waals surface area contributed by atoms with Crippen molar-refractivity contribution >= 4 is 22.9 Å². The molecule has 0 fully saturated rings. The molecule has 27 heavy (non-hydrogen) atoms. The van der Waals surface area contributed by atoms with Crippen LogP contribution in [-0.2, 0) is 16.1 Å². The van der Waals surface area contributed by atoms with Gasteiger partial charge in [0, 0.05) is 25.5 Å². The molecule has 0 aliphatic carbocycles. The lowest BCUT2D eigenvalue weighted by molar-refractivity contribution is -0.119. The molecule has 0 aliphatic heterocycles. The molecule has 0 bridgehead atoms. The Bertz CT molecular complexity index is 971. The Morgan fingerprint density at radius 2 is 1.89 bits per heavy atom. The van der Waals surface area contributed by atoms with E-state index in [9.17, 15) is 4.79 Å². The van der Waals surface area contributed by atoms with Crippen molar-refractivity contribution in [3.63, 3.8) is 0 Å². The van der Waals surface area contributed by atoms with E-state index in [1.54, 1.807) is 0 Å². The van der Waals surface area contributed by atoms with Gasteiger partial charge in [-0.1, -0.05) is 18.2 Å². The van der Waals surface area contributed by atoms with Crippen molar-refractivity contribution in [1.82, 2.24) is 9.38 Å². The molecular formula is C21H26N4O2. The maximum atomic E-state index is 11.9. The average Bonchev–Trinajstić information content (AvgIpc) is 2.90. The van der Waals surface area contributed by atoms with Crippen LogP contribution in [0.4, 0.5) is 11.4 Å². The number of methoxy groups -OCH3 is 1. The van der Waals surface area contributed by atoms with Gasteiger partial charge in [-0.3, -0.25) is 4.79 Å². The number of ether oxygens (including phenoxy) is 1. The summed E-state index contributed by atoms with van der Waals surface area (Å²) in [5.41, 5.74) is 8.20. The van der Waals surface area contributed by atoms with Gasteiger partial charge in [0.15, 0.2) is 5.65 Å². The van der Waals surface area contributed by atoms with Crippen LogP contribution in [0.5, 0.6) is 0 Å². The van der Waals surface area contributed by atoms with Gasteiger partial charge in [0.2, 0.25) is 5.91 Å². The minimum Gasteiger partial charge on any atom is -0.378 e. The summed E-state index contributed by atoms with van der Waals surface area (Å²) in [5, 5.41) is 6.39. The maximum Gasteiger partial charge on any atom is 0.250 e. The summed E-state index contributed by atoms with van der Waals surface area (Å²) in [5.74, 6) is -0.188. The standard InChI is InChI=1S/C21H26N4O2/c1-13-7-6-8-14(2)18(13)10-22-19-9-17(24-20(26)12-27-5)11-25-16(4)15(3)23-21(19)25/h6-9,11,22H,10,12H2,1-5H3,(H,24,26). The van der Waals surface area contributed by atoms with Crippen molar-refractivity contribution in [2.75, 3.05) is 24.4 Å². The molecule has 0 spiro atoms. The summed E-state index contributed by atoms with van der Waals surface area (Å²) < 4.78 is 6.91. The molecule has 2 aromatic heterocycles. The van der Waals surface area contributed by atoms with Gasteiger partial charge in [-0.05, 0) is 50.5 Å². The molecule has 3 aromatic rings. The Morgan fingerprint density at radius 1 is 1.19 bits per heavy atom. The SMILES string of the molecule is COCC(=O)Nc1cc(NCc2c(C)cccc2C)c2nc(C)c(C)n2c1. The number of rotatable bonds is 6. The first-order chi connectivity index (χ1) is 12.9. The molecule has 0 unspecified atom stereocenters. The number of carbonyl (C=O) groups is 1. The highest BCUT2D eigenvalue weighted by molar-refractivity contribution is 5.92. The van der Waals surface area contributed by atoms with Crippen molar-refractivity contribution < 1.29 is 9.53 Å². The number of imidazole rings is 1.